The Morgan fingerprint density at radius 1 is 1.19 bits per heavy atom. The van der Waals surface area contributed by atoms with Gasteiger partial charge in [0.25, 0.3) is 0 Å². The maximum absolute atomic E-state index is 5.79. The van der Waals surface area contributed by atoms with Crippen molar-refractivity contribution >= 4 is 11.6 Å². The Balaban J connectivity index is 1.51. The number of nitrogens with one attached hydrogen (secondary N) is 1. The molecule has 1 saturated carbocycles. The SMILES string of the molecule is Clc1ccc(OCCCCNC2CC2)cc1. The van der Waals surface area contributed by atoms with Gasteiger partial charge in [0, 0.05) is 11.1 Å². The Labute approximate surface area is 102 Å². The molecular formula is C13H18ClNO. The summed E-state index contributed by atoms with van der Waals surface area (Å²) in [4.78, 5) is 0. The second-order valence-corrected chi connectivity index (χ2v) is 4.67. The summed E-state index contributed by atoms with van der Waals surface area (Å²) in [5, 5.41) is 4.24. The van der Waals surface area contributed by atoms with Crippen LogP contribution >= 0.6 is 11.6 Å². The van der Waals surface area contributed by atoms with Crippen LogP contribution in [0.3, 0.4) is 0 Å². The number of rotatable bonds is 7. The van der Waals surface area contributed by atoms with Crippen molar-refractivity contribution in [3.8, 4) is 5.75 Å². The lowest BCUT2D eigenvalue weighted by Crippen LogP contribution is -2.17. The Morgan fingerprint density at radius 2 is 1.94 bits per heavy atom. The first kappa shape index (κ1) is 11.7. The highest BCUT2D eigenvalue weighted by molar-refractivity contribution is 6.30. The van der Waals surface area contributed by atoms with Gasteiger partial charge in [0.05, 0.1) is 6.61 Å². The topological polar surface area (TPSA) is 21.3 Å². The third kappa shape index (κ3) is 4.42. The number of hydrogen-bond acceptors (Lipinski definition) is 2. The Morgan fingerprint density at radius 3 is 2.62 bits per heavy atom. The summed E-state index contributed by atoms with van der Waals surface area (Å²) < 4.78 is 5.60. The molecule has 0 heterocycles. The van der Waals surface area contributed by atoms with Crippen LogP contribution in [0, 0.1) is 0 Å². The van der Waals surface area contributed by atoms with Crippen LogP contribution in [-0.4, -0.2) is 19.2 Å². The summed E-state index contributed by atoms with van der Waals surface area (Å²) in [6.07, 6.45) is 5.01. The Bertz CT molecular complexity index is 308. The highest BCUT2D eigenvalue weighted by Crippen LogP contribution is 2.18. The van der Waals surface area contributed by atoms with Crippen LogP contribution in [0.5, 0.6) is 5.75 Å². The van der Waals surface area contributed by atoms with Crippen molar-refractivity contribution in [2.45, 2.75) is 31.7 Å². The minimum atomic E-state index is 0.751. The van der Waals surface area contributed by atoms with E-state index in [1.165, 1.54) is 19.3 Å². The van der Waals surface area contributed by atoms with E-state index in [0.717, 1.165) is 36.4 Å². The number of halogens is 1. The Hall–Kier alpha value is -0.730. The van der Waals surface area contributed by atoms with Crippen LogP contribution in [0.1, 0.15) is 25.7 Å². The molecule has 88 valence electrons. The maximum Gasteiger partial charge on any atom is 0.119 e. The fourth-order valence-corrected chi connectivity index (χ4v) is 1.67. The second-order valence-electron chi connectivity index (χ2n) is 4.24. The third-order valence-electron chi connectivity index (χ3n) is 2.66. The molecule has 1 aromatic rings. The van der Waals surface area contributed by atoms with Crippen LogP contribution in [0.25, 0.3) is 0 Å². The van der Waals surface area contributed by atoms with E-state index in [4.69, 9.17) is 16.3 Å². The quantitative estimate of drug-likeness (QED) is 0.738. The first-order valence-electron chi connectivity index (χ1n) is 5.96. The van der Waals surface area contributed by atoms with Gasteiger partial charge in [-0.05, 0) is 56.5 Å². The molecule has 0 aromatic heterocycles. The molecule has 0 aliphatic heterocycles. The molecule has 0 spiro atoms. The summed E-state index contributed by atoms with van der Waals surface area (Å²) in [7, 11) is 0. The van der Waals surface area contributed by atoms with Gasteiger partial charge in [-0.25, -0.2) is 0 Å². The average Bonchev–Trinajstić information content (AvgIpc) is 3.10. The smallest absolute Gasteiger partial charge is 0.119 e. The van der Waals surface area contributed by atoms with E-state index in [2.05, 4.69) is 5.32 Å². The highest BCUT2D eigenvalue weighted by atomic mass is 35.5. The molecule has 1 aliphatic carbocycles. The molecule has 0 saturated heterocycles. The minimum absolute atomic E-state index is 0.751. The van der Waals surface area contributed by atoms with Crippen LogP contribution in [0.4, 0.5) is 0 Å². The van der Waals surface area contributed by atoms with Crippen LogP contribution in [0.15, 0.2) is 24.3 Å². The zero-order valence-electron chi connectivity index (χ0n) is 9.42. The molecule has 0 amide bonds. The molecule has 0 radical (unpaired) electrons. The van der Waals surface area contributed by atoms with E-state index in [0.29, 0.717) is 0 Å². The van der Waals surface area contributed by atoms with E-state index in [1.54, 1.807) is 0 Å². The fraction of sp³-hybridized carbons (Fsp3) is 0.538. The molecule has 0 bridgehead atoms. The molecule has 0 unspecified atom stereocenters. The number of unbranched alkanes of at least 4 members (excludes halogenated alkanes) is 1. The van der Waals surface area contributed by atoms with Crippen LogP contribution < -0.4 is 10.1 Å². The van der Waals surface area contributed by atoms with Gasteiger partial charge in [-0.2, -0.15) is 0 Å². The Kier molecular flexibility index (Phi) is 4.49. The molecule has 1 aliphatic rings. The van der Waals surface area contributed by atoms with Gasteiger partial charge < -0.3 is 10.1 Å². The van der Waals surface area contributed by atoms with Crippen molar-refractivity contribution in [2.75, 3.05) is 13.2 Å². The van der Waals surface area contributed by atoms with Gasteiger partial charge in [-0.15, -0.1) is 0 Å². The maximum atomic E-state index is 5.79. The normalized spacial score (nSPS) is 15.1. The zero-order chi connectivity index (χ0) is 11.2. The van der Waals surface area contributed by atoms with E-state index >= 15 is 0 Å². The van der Waals surface area contributed by atoms with Gasteiger partial charge >= 0.3 is 0 Å². The van der Waals surface area contributed by atoms with Gasteiger partial charge in [0.1, 0.15) is 5.75 Å². The van der Waals surface area contributed by atoms with Gasteiger partial charge in [-0.3, -0.25) is 0 Å². The van der Waals surface area contributed by atoms with E-state index < -0.39 is 0 Å². The lowest BCUT2D eigenvalue weighted by Gasteiger charge is -2.06. The van der Waals surface area contributed by atoms with E-state index in [-0.39, 0.29) is 0 Å². The second kappa shape index (κ2) is 6.12. The lowest BCUT2D eigenvalue weighted by molar-refractivity contribution is 0.305. The monoisotopic (exact) mass is 239 g/mol. The van der Waals surface area contributed by atoms with Gasteiger partial charge in [-0.1, -0.05) is 11.6 Å². The number of benzene rings is 1. The first-order valence-corrected chi connectivity index (χ1v) is 6.34. The summed E-state index contributed by atoms with van der Waals surface area (Å²) in [6, 6.07) is 8.34. The van der Waals surface area contributed by atoms with Crippen molar-refractivity contribution in [1.29, 1.82) is 0 Å². The van der Waals surface area contributed by atoms with Gasteiger partial charge in [0.2, 0.25) is 0 Å². The fourth-order valence-electron chi connectivity index (χ4n) is 1.54. The van der Waals surface area contributed by atoms with Gasteiger partial charge in [0.15, 0.2) is 0 Å². The summed E-state index contributed by atoms with van der Waals surface area (Å²) in [5.74, 6) is 0.902. The molecule has 0 atom stereocenters. The summed E-state index contributed by atoms with van der Waals surface area (Å²) in [5.41, 5.74) is 0. The first-order chi connectivity index (χ1) is 7.84. The predicted molar refractivity (Wildman–Crippen MR) is 67.2 cm³/mol. The number of hydrogen-bond donors (Lipinski definition) is 1. The molecule has 1 N–H and O–H groups in total. The number of ether oxygens (including phenoxy) is 1. The summed E-state index contributed by atoms with van der Waals surface area (Å²) in [6.45, 7) is 1.91. The largest absolute Gasteiger partial charge is 0.494 e. The molecule has 1 aromatic carbocycles. The van der Waals surface area contributed by atoms with Crippen molar-refractivity contribution < 1.29 is 4.74 Å². The zero-order valence-corrected chi connectivity index (χ0v) is 10.2. The molecule has 3 heteroatoms. The predicted octanol–water partition coefficient (Wildman–Crippen LogP) is 3.25. The molecule has 2 nitrogen and oxygen atoms in total. The van der Waals surface area contributed by atoms with Crippen molar-refractivity contribution in [3.63, 3.8) is 0 Å². The highest BCUT2D eigenvalue weighted by Gasteiger charge is 2.19. The molecule has 1 fully saturated rings. The van der Waals surface area contributed by atoms with Crippen molar-refractivity contribution in [1.82, 2.24) is 5.32 Å². The summed E-state index contributed by atoms with van der Waals surface area (Å²) >= 11 is 5.79. The van der Waals surface area contributed by atoms with Crippen LogP contribution in [-0.2, 0) is 0 Å². The lowest BCUT2D eigenvalue weighted by atomic mass is 10.3. The van der Waals surface area contributed by atoms with E-state index in [1.807, 2.05) is 24.3 Å². The molecule has 16 heavy (non-hydrogen) atoms. The molecule has 2 rings (SSSR count). The van der Waals surface area contributed by atoms with Crippen molar-refractivity contribution in [2.24, 2.45) is 0 Å². The molecular weight excluding hydrogens is 222 g/mol. The average molecular weight is 240 g/mol. The van der Waals surface area contributed by atoms with Crippen molar-refractivity contribution in [3.05, 3.63) is 29.3 Å². The third-order valence-corrected chi connectivity index (χ3v) is 2.92. The standard InChI is InChI=1S/C13H18ClNO/c14-11-3-7-13(8-4-11)16-10-2-1-9-15-12-5-6-12/h3-4,7-8,12,15H,1-2,5-6,9-10H2. The minimum Gasteiger partial charge on any atom is -0.494 e. The van der Waals surface area contributed by atoms with Crippen LogP contribution in [0.2, 0.25) is 5.02 Å². The van der Waals surface area contributed by atoms with E-state index in [9.17, 15) is 0 Å².